The van der Waals surface area contributed by atoms with Gasteiger partial charge in [0.05, 0.1) is 16.1 Å². The first kappa shape index (κ1) is 23.9. The molecule has 3 aromatic rings. The molecule has 1 amide bonds. The van der Waals surface area contributed by atoms with Crippen molar-refractivity contribution in [3.8, 4) is 5.69 Å². The molecule has 34 heavy (non-hydrogen) atoms. The average molecular weight is 494 g/mol. The third-order valence-corrected chi connectivity index (χ3v) is 7.60. The van der Waals surface area contributed by atoms with Crippen molar-refractivity contribution >= 4 is 15.9 Å². The molecular formula is C22H22F3N5O3S. The van der Waals surface area contributed by atoms with Crippen LogP contribution in [0.5, 0.6) is 0 Å². The van der Waals surface area contributed by atoms with Gasteiger partial charge in [0.2, 0.25) is 15.9 Å². The second kappa shape index (κ2) is 9.55. The normalized spacial score (nSPS) is 15.9. The zero-order chi connectivity index (χ0) is 24.3. The highest BCUT2D eigenvalue weighted by atomic mass is 32.2. The first-order chi connectivity index (χ1) is 16.1. The van der Waals surface area contributed by atoms with E-state index in [0.29, 0.717) is 12.6 Å². The number of aromatic nitrogens is 3. The average Bonchev–Trinajstić information content (AvgIpc) is 3.37. The van der Waals surface area contributed by atoms with Gasteiger partial charge < -0.3 is 5.32 Å². The minimum atomic E-state index is -4.63. The van der Waals surface area contributed by atoms with Gasteiger partial charge >= 0.3 is 6.18 Å². The van der Waals surface area contributed by atoms with Gasteiger partial charge in [-0.1, -0.05) is 18.2 Å². The number of sulfonamides is 1. The Labute approximate surface area is 194 Å². The second-order valence-electron chi connectivity index (χ2n) is 7.93. The molecule has 12 heteroatoms. The maximum absolute atomic E-state index is 13.0. The van der Waals surface area contributed by atoms with Crippen molar-refractivity contribution in [2.24, 2.45) is 5.92 Å². The maximum Gasteiger partial charge on any atom is 0.416 e. The summed E-state index contributed by atoms with van der Waals surface area (Å²) in [6.45, 7) is 0.436. The van der Waals surface area contributed by atoms with Crippen LogP contribution >= 0.6 is 0 Å². The fraction of sp³-hybridized carbons (Fsp3) is 0.318. The number of benzene rings is 2. The van der Waals surface area contributed by atoms with Crippen LogP contribution < -0.4 is 5.32 Å². The van der Waals surface area contributed by atoms with Crippen molar-refractivity contribution in [3.63, 3.8) is 0 Å². The number of nitrogens with zero attached hydrogens (tertiary/aromatic N) is 4. The van der Waals surface area contributed by atoms with Crippen molar-refractivity contribution in [1.82, 2.24) is 24.4 Å². The Morgan fingerprint density at radius 1 is 1.09 bits per heavy atom. The van der Waals surface area contributed by atoms with E-state index in [9.17, 15) is 26.4 Å². The van der Waals surface area contributed by atoms with E-state index in [1.54, 1.807) is 11.0 Å². The molecule has 0 bridgehead atoms. The van der Waals surface area contributed by atoms with Crippen molar-refractivity contribution in [2.75, 3.05) is 13.1 Å². The topological polar surface area (TPSA) is 97.2 Å². The lowest BCUT2D eigenvalue weighted by Crippen LogP contribution is -2.42. The Morgan fingerprint density at radius 3 is 2.41 bits per heavy atom. The van der Waals surface area contributed by atoms with Gasteiger partial charge in [0.15, 0.2) is 0 Å². The minimum absolute atomic E-state index is 0.0588. The van der Waals surface area contributed by atoms with Gasteiger partial charge in [-0.3, -0.25) is 4.79 Å². The van der Waals surface area contributed by atoms with E-state index >= 15 is 0 Å². The van der Waals surface area contributed by atoms with E-state index in [4.69, 9.17) is 0 Å². The minimum Gasteiger partial charge on any atom is -0.352 e. The van der Waals surface area contributed by atoms with Crippen LogP contribution in [0.3, 0.4) is 0 Å². The SMILES string of the molecule is O=C(NCc1ccc(-n2cncn2)cc1)C1CCN(S(=O)(=O)c2cccc(C(F)(F)F)c2)CC1. The molecule has 0 aliphatic carbocycles. The van der Waals surface area contributed by atoms with Crippen LogP contribution in [0.2, 0.25) is 0 Å². The third-order valence-electron chi connectivity index (χ3n) is 5.71. The van der Waals surface area contributed by atoms with Crippen LogP contribution in [0.1, 0.15) is 24.0 Å². The third kappa shape index (κ3) is 5.28. The summed E-state index contributed by atoms with van der Waals surface area (Å²) in [6.07, 6.45) is -1.04. The lowest BCUT2D eigenvalue weighted by molar-refractivity contribution is -0.137. The number of carbonyl (C=O) groups excluding carboxylic acids is 1. The van der Waals surface area contributed by atoms with Gasteiger partial charge in [0, 0.05) is 25.6 Å². The Balaban J connectivity index is 1.31. The van der Waals surface area contributed by atoms with Gasteiger partial charge in [-0.15, -0.1) is 0 Å². The Hall–Kier alpha value is -3.25. The van der Waals surface area contributed by atoms with Crippen molar-refractivity contribution < 1.29 is 26.4 Å². The van der Waals surface area contributed by atoms with E-state index in [-0.39, 0.29) is 37.8 Å². The Morgan fingerprint density at radius 2 is 1.79 bits per heavy atom. The summed E-state index contributed by atoms with van der Waals surface area (Å²) in [5.41, 5.74) is 0.709. The number of carbonyl (C=O) groups is 1. The molecule has 1 aliphatic rings. The summed E-state index contributed by atoms with van der Waals surface area (Å²) in [5.74, 6) is -0.557. The molecule has 0 atom stereocenters. The van der Waals surface area contributed by atoms with Crippen LogP contribution in [-0.2, 0) is 27.5 Å². The molecular weight excluding hydrogens is 471 g/mol. The lowest BCUT2D eigenvalue weighted by Gasteiger charge is -2.30. The highest BCUT2D eigenvalue weighted by Gasteiger charge is 2.35. The van der Waals surface area contributed by atoms with Gasteiger partial charge in [-0.05, 0) is 48.7 Å². The van der Waals surface area contributed by atoms with Crippen LogP contribution in [0, 0.1) is 5.92 Å². The number of piperidine rings is 1. The summed E-state index contributed by atoms with van der Waals surface area (Å²) in [5, 5.41) is 6.91. The first-order valence-electron chi connectivity index (χ1n) is 10.5. The van der Waals surface area contributed by atoms with E-state index < -0.39 is 26.7 Å². The molecule has 2 heterocycles. The summed E-state index contributed by atoms with van der Waals surface area (Å²) in [6, 6.07) is 11.1. The number of nitrogens with one attached hydrogen (secondary N) is 1. The second-order valence-corrected chi connectivity index (χ2v) is 9.87. The zero-order valence-corrected chi connectivity index (χ0v) is 18.8. The molecule has 0 unspecified atom stereocenters. The molecule has 0 radical (unpaired) electrons. The highest BCUT2D eigenvalue weighted by Crippen LogP contribution is 2.32. The number of halogens is 3. The fourth-order valence-electron chi connectivity index (χ4n) is 3.78. The monoisotopic (exact) mass is 493 g/mol. The van der Waals surface area contributed by atoms with E-state index in [1.807, 2.05) is 24.3 Å². The molecule has 1 N–H and O–H groups in total. The molecule has 8 nitrogen and oxygen atoms in total. The quantitative estimate of drug-likeness (QED) is 0.570. The van der Waals surface area contributed by atoms with Gasteiger partial charge in [0.25, 0.3) is 0 Å². The standard InChI is InChI=1S/C22H22F3N5O3S/c23-22(24,25)18-2-1-3-20(12-18)34(32,33)29-10-8-17(9-11-29)21(31)27-13-16-4-6-19(7-5-16)30-15-26-14-28-30/h1-7,12,14-15,17H,8-11,13H2,(H,27,31). The van der Waals surface area contributed by atoms with Crippen LogP contribution in [0.25, 0.3) is 5.69 Å². The molecule has 180 valence electrons. The van der Waals surface area contributed by atoms with E-state index in [0.717, 1.165) is 33.8 Å². The van der Waals surface area contributed by atoms with Crippen molar-refractivity contribution in [3.05, 3.63) is 72.3 Å². The van der Waals surface area contributed by atoms with Gasteiger partial charge in [-0.25, -0.2) is 18.1 Å². The van der Waals surface area contributed by atoms with Crippen molar-refractivity contribution in [1.29, 1.82) is 0 Å². The predicted octanol–water partition coefficient (Wildman–Crippen LogP) is 3.00. The highest BCUT2D eigenvalue weighted by molar-refractivity contribution is 7.89. The number of rotatable bonds is 6. The van der Waals surface area contributed by atoms with Crippen LogP contribution in [0.15, 0.2) is 66.1 Å². The molecule has 1 fully saturated rings. The first-order valence-corrected chi connectivity index (χ1v) is 12.0. The van der Waals surface area contributed by atoms with Crippen LogP contribution in [0.4, 0.5) is 13.2 Å². The fourth-order valence-corrected chi connectivity index (χ4v) is 5.30. The number of amides is 1. The van der Waals surface area contributed by atoms with Crippen LogP contribution in [-0.4, -0.2) is 46.5 Å². The predicted molar refractivity (Wildman–Crippen MR) is 116 cm³/mol. The summed E-state index contributed by atoms with van der Waals surface area (Å²) in [7, 11) is -4.08. The summed E-state index contributed by atoms with van der Waals surface area (Å²) >= 11 is 0. The van der Waals surface area contributed by atoms with E-state index in [2.05, 4.69) is 15.4 Å². The number of hydrogen-bond acceptors (Lipinski definition) is 5. The van der Waals surface area contributed by atoms with Crippen molar-refractivity contribution in [2.45, 2.75) is 30.5 Å². The molecule has 2 aromatic carbocycles. The molecule has 1 aromatic heterocycles. The molecule has 4 rings (SSSR count). The molecule has 1 aliphatic heterocycles. The maximum atomic E-state index is 13.0. The summed E-state index contributed by atoms with van der Waals surface area (Å²) in [4.78, 5) is 16.1. The smallest absolute Gasteiger partial charge is 0.352 e. The molecule has 0 spiro atoms. The number of hydrogen-bond donors (Lipinski definition) is 1. The molecule has 0 saturated carbocycles. The van der Waals surface area contributed by atoms with Gasteiger partial charge in [-0.2, -0.15) is 22.6 Å². The van der Waals surface area contributed by atoms with E-state index in [1.165, 1.54) is 6.33 Å². The Bertz CT molecular complexity index is 1240. The number of alkyl halides is 3. The largest absolute Gasteiger partial charge is 0.416 e. The zero-order valence-electron chi connectivity index (χ0n) is 17.9. The Kier molecular flexibility index (Phi) is 6.71. The lowest BCUT2D eigenvalue weighted by atomic mass is 9.97. The van der Waals surface area contributed by atoms with Gasteiger partial charge in [0.1, 0.15) is 12.7 Å². The summed E-state index contributed by atoms with van der Waals surface area (Å²) < 4.78 is 67.3. The molecule has 1 saturated heterocycles.